The number of rotatable bonds is 3. The van der Waals surface area contributed by atoms with E-state index in [0.29, 0.717) is 5.56 Å². The van der Waals surface area contributed by atoms with E-state index in [1.54, 1.807) is 0 Å². The lowest BCUT2D eigenvalue weighted by Crippen LogP contribution is -2.27. The number of hydrogen-bond donors (Lipinski definition) is 0. The van der Waals surface area contributed by atoms with Crippen molar-refractivity contribution in [3.63, 3.8) is 0 Å². The summed E-state index contributed by atoms with van der Waals surface area (Å²) in [6.07, 6.45) is 0.804. The third-order valence-electron chi connectivity index (χ3n) is 3.21. The Labute approximate surface area is 110 Å². The first-order valence-corrected chi connectivity index (χ1v) is 6.49. The molecular weight excluding hydrogens is 224 g/mol. The Morgan fingerprint density at radius 3 is 1.94 bits per heavy atom. The van der Waals surface area contributed by atoms with E-state index in [2.05, 4.69) is 20.8 Å². The van der Waals surface area contributed by atoms with Crippen molar-refractivity contribution in [3.8, 4) is 0 Å². The van der Waals surface area contributed by atoms with Crippen LogP contribution in [-0.2, 0) is 10.2 Å². The minimum absolute atomic E-state index is 0.102. The van der Waals surface area contributed by atoms with Crippen LogP contribution in [0.15, 0.2) is 24.3 Å². The van der Waals surface area contributed by atoms with E-state index < -0.39 is 5.60 Å². The lowest BCUT2D eigenvalue weighted by molar-refractivity contribution is -0.00243. The summed E-state index contributed by atoms with van der Waals surface area (Å²) in [5.74, 6) is -0.248. The first kappa shape index (κ1) is 14.7. The first-order chi connectivity index (χ1) is 8.15. The smallest absolute Gasteiger partial charge is 0.338 e. The highest BCUT2D eigenvalue weighted by Crippen LogP contribution is 2.23. The van der Waals surface area contributed by atoms with Gasteiger partial charge in [0.05, 0.1) is 5.56 Å². The minimum atomic E-state index is -0.403. The van der Waals surface area contributed by atoms with E-state index in [9.17, 15) is 4.79 Å². The van der Waals surface area contributed by atoms with Crippen molar-refractivity contribution in [2.45, 2.75) is 59.0 Å². The molecule has 0 aromatic heterocycles. The van der Waals surface area contributed by atoms with Gasteiger partial charge in [-0.2, -0.15) is 0 Å². The molecule has 0 N–H and O–H groups in total. The summed E-state index contributed by atoms with van der Waals surface area (Å²) in [6, 6.07) is 7.67. The second kappa shape index (κ2) is 5.13. The highest BCUT2D eigenvalue weighted by molar-refractivity contribution is 5.89. The molecule has 0 aliphatic heterocycles. The molecule has 2 heteroatoms. The van der Waals surface area contributed by atoms with Crippen molar-refractivity contribution in [1.29, 1.82) is 0 Å². The number of carbonyl (C=O) groups excluding carboxylic acids is 1. The van der Waals surface area contributed by atoms with Crippen LogP contribution in [0.25, 0.3) is 0 Å². The van der Waals surface area contributed by atoms with E-state index in [0.717, 1.165) is 6.42 Å². The zero-order chi connectivity index (χ0) is 14.0. The summed E-state index contributed by atoms with van der Waals surface area (Å²) >= 11 is 0. The molecule has 18 heavy (non-hydrogen) atoms. The summed E-state index contributed by atoms with van der Waals surface area (Å²) in [7, 11) is 0. The van der Waals surface area contributed by atoms with Gasteiger partial charge in [0.1, 0.15) is 5.60 Å². The van der Waals surface area contributed by atoms with Crippen LogP contribution < -0.4 is 0 Å². The fourth-order valence-electron chi connectivity index (χ4n) is 1.49. The largest absolute Gasteiger partial charge is 0.456 e. The quantitative estimate of drug-likeness (QED) is 0.744. The summed E-state index contributed by atoms with van der Waals surface area (Å²) < 4.78 is 5.46. The van der Waals surface area contributed by atoms with E-state index in [4.69, 9.17) is 4.74 Å². The zero-order valence-corrected chi connectivity index (χ0v) is 12.3. The van der Waals surface area contributed by atoms with Crippen LogP contribution >= 0.6 is 0 Å². The van der Waals surface area contributed by atoms with Crippen LogP contribution in [-0.4, -0.2) is 11.6 Å². The Kier molecular flexibility index (Phi) is 4.20. The maximum Gasteiger partial charge on any atom is 0.338 e. The van der Waals surface area contributed by atoms with Crippen LogP contribution in [0, 0.1) is 0 Å². The summed E-state index contributed by atoms with van der Waals surface area (Å²) in [5.41, 5.74) is 1.53. The average Bonchev–Trinajstić information content (AvgIpc) is 2.27. The second-order valence-corrected chi connectivity index (χ2v) is 6.33. The maximum absolute atomic E-state index is 12.0. The van der Waals surface area contributed by atoms with Gasteiger partial charge in [-0.15, -0.1) is 0 Å². The van der Waals surface area contributed by atoms with Gasteiger partial charge in [0.2, 0.25) is 0 Å². The third-order valence-corrected chi connectivity index (χ3v) is 3.21. The number of hydrogen-bond acceptors (Lipinski definition) is 2. The highest BCUT2D eigenvalue weighted by Gasteiger charge is 2.22. The Bertz CT molecular complexity index is 408. The van der Waals surface area contributed by atoms with Crippen LogP contribution in [0.2, 0.25) is 0 Å². The van der Waals surface area contributed by atoms with Crippen LogP contribution in [0.3, 0.4) is 0 Å². The predicted molar refractivity (Wildman–Crippen MR) is 74.9 cm³/mol. The SMILES string of the molecule is CCC(C)(C)OC(=O)c1ccc(C(C)(C)C)cc1. The minimum Gasteiger partial charge on any atom is -0.456 e. The Morgan fingerprint density at radius 2 is 1.56 bits per heavy atom. The normalized spacial score (nSPS) is 12.3. The van der Waals surface area contributed by atoms with Crippen molar-refractivity contribution in [2.75, 3.05) is 0 Å². The molecule has 0 saturated carbocycles. The Hall–Kier alpha value is -1.31. The molecule has 0 amide bonds. The lowest BCUT2D eigenvalue weighted by Gasteiger charge is -2.23. The van der Waals surface area contributed by atoms with E-state index in [-0.39, 0.29) is 11.4 Å². The molecule has 1 rings (SSSR count). The van der Waals surface area contributed by atoms with Crippen LogP contribution in [0.4, 0.5) is 0 Å². The predicted octanol–water partition coefficient (Wildman–Crippen LogP) is 4.33. The molecule has 0 spiro atoms. The third kappa shape index (κ3) is 3.86. The molecule has 0 heterocycles. The van der Waals surface area contributed by atoms with Gasteiger partial charge >= 0.3 is 5.97 Å². The Morgan fingerprint density at radius 1 is 1.06 bits per heavy atom. The monoisotopic (exact) mass is 248 g/mol. The van der Waals surface area contributed by atoms with Crippen LogP contribution in [0.1, 0.15) is 63.9 Å². The maximum atomic E-state index is 12.0. The fourth-order valence-corrected chi connectivity index (χ4v) is 1.49. The topological polar surface area (TPSA) is 26.3 Å². The molecule has 0 atom stereocenters. The van der Waals surface area contributed by atoms with E-state index in [1.807, 2.05) is 45.0 Å². The van der Waals surface area contributed by atoms with Gasteiger partial charge in [-0.3, -0.25) is 0 Å². The molecule has 100 valence electrons. The molecule has 1 aromatic rings. The molecule has 0 radical (unpaired) electrons. The first-order valence-electron chi connectivity index (χ1n) is 6.49. The number of ether oxygens (including phenoxy) is 1. The van der Waals surface area contributed by atoms with Gasteiger partial charge in [-0.1, -0.05) is 39.8 Å². The van der Waals surface area contributed by atoms with Crippen molar-refractivity contribution >= 4 is 5.97 Å². The molecular formula is C16H24O2. The molecule has 2 nitrogen and oxygen atoms in total. The average molecular weight is 248 g/mol. The van der Waals surface area contributed by atoms with Crippen molar-refractivity contribution in [3.05, 3.63) is 35.4 Å². The number of esters is 1. The fraction of sp³-hybridized carbons (Fsp3) is 0.562. The summed E-state index contributed by atoms with van der Waals surface area (Å²) in [4.78, 5) is 12.0. The molecule has 0 saturated heterocycles. The van der Waals surface area contributed by atoms with Gasteiger partial charge in [-0.05, 0) is 43.4 Å². The number of carbonyl (C=O) groups is 1. The zero-order valence-electron chi connectivity index (χ0n) is 12.3. The standard InChI is InChI=1S/C16H24O2/c1-7-16(5,6)18-14(17)12-8-10-13(11-9-12)15(2,3)4/h8-11H,7H2,1-6H3. The molecule has 0 unspecified atom stereocenters. The summed E-state index contributed by atoms with van der Waals surface area (Å²) in [5, 5.41) is 0. The van der Waals surface area contributed by atoms with Gasteiger partial charge in [0.15, 0.2) is 0 Å². The molecule has 0 aliphatic rings. The van der Waals surface area contributed by atoms with E-state index >= 15 is 0 Å². The number of benzene rings is 1. The van der Waals surface area contributed by atoms with Gasteiger partial charge in [0, 0.05) is 0 Å². The Balaban J connectivity index is 2.83. The van der Waals surface area contributed by atoms with Gasteiger partial charge < -0.3 is 4.74 Å². The lowest BCUT2D eigenvalue weighted by atomic mass is 9.87. The summed E-state index contributed by atoms with van der Waals surface area (Å²) in [6.45, 7) is 12.3. The van der Waals surface area contributed by atoms with Crippen molar-refractivity contribution < 1.29 is 9.53 Å². The van der Waals surface area contributed by atoms with Crippen molar-refractivity contribution in [1.82, 2.24) is 0 Å². The highest BCUT2D eigenvalue weighted by atomic mass is 16.6. The van der Waals surface area contributed by atoms with Gasteiger partial charge in [0.25, 0.3) is 0 Å². The van der Waals surface area contributed by atoms with Crippen molar-refractivity contribution in [2.24, 2.45) is 0 Å². The molecule has 0 aliphatic carbocycles. The van der Waals surface area contributed by atoms with Gasteiger partial charge in [-0.25, -0.2) is 4.79 Å². The molecule has 0 fully saturated rings. The molecule has 0 bridgehead atoms. The van der Waals surface area contributed by atoms with E-state index in [1.165, 1.54) is 5.56 Å². The second-order valence-electron chi connectivity index (χ2n) is 6.33. The molecule has 1 aromatic carbocycles. The van der Waals surface area contributed by atoms with Crippen LogP contribution in [0.5, 0.6) is 0 Å².